The van der Waals surface area contributed by atoms with Gasteiger partial charge in [0.05, 0.1) is 17.6 Å². The van der Waals surface area contributed by atoms with Gasteiger partial charge in [0.2, 0.25) is 0 Å². The van der Waals surface area contributed by atoms with Gasteiger partial charge < -0.3 is 5.32 Å². The van der Waals surface area contributed by atoms with Gasteiger partial charge in [0.25, 0.3) is 5.91 Å². The molecule has 0 saturated carbocycles. The van der Waals surface area contributed by atoms with Gasteiger partial charge in [0.1, 0.15) is 11.4 Å². The van der Waals surface area contributed by atoms with Gasteiger partial charge in [-0.1, -0.05) is 6.07 Å². The molecule has 20 heavy (non-hydrogen) atoms. The summed E-state index contributed by atoms with van der Waals surface area (Å²) in [5.41, 5.74) is 2.02. The first-order valence-corrected chi connectivity index (χ1v) is 5.87. The Morgan fingerprint density at radius 2 is 2.10 bits per heavy atom. The molecule has 0 unspecified atom stereocenters. The molecule has 0 atom stereocenters. The van der Waals surface area contributed by atoms with Crippen LogP contribution >= 0.6 is 0 Å². The molecule has 0 aliphatic carbocycles. The van der Waals surface area contributed by atoms with Gasteiger partial charge in [-0.25, -0.2) is 4.98 Å². The molecule has 0 fully saturated rings. The molecule has 98 valence electrons. The normalized spacial score (nSPS) is 10.2. The van der Waals surface area contributed by atoms with Gasteiger partial charge in [-0.05, 0) is 12.1 Å². The molecule has 3 heterocycles. The summed E-state index contributed by atoms with van der Waals surface area (Å²) >= 11 is 0. The Morgan fingerprint density at radius 3 is 2.85 bits per heavy atom. The highest BCUT2D eigenvalue weighted by Gasteiger charge is 2.14. The van der Waals surface area contributed by atoms with Crippen molar-refractivity contribution >= 4 is 11.6 Å². The Morgan fingerprint density at radius 1 is 1.15 bits per heavy atom. The van der Waals surface area contributed by atoms with Crippen molar-refractivity contribution in [3.8, 4) is 11.4 Å². The minimum atomic E-state index is -0.350. The molecular formula is C13H10N6O. The van der Waals surface area contributed by atoms with Gasteiger partial charge in [-0.15, -0.1) is 0 Å². The zero-order chi connectivity index (χ0) is 13.8. The molecule has 0 spiro atoms. The number of H-pyrrole nitrogens is 1. The number of rotatable bonds is 3. The number of aromatic amines is 1. The van der Waals surface area contributed by atoms with Crippen molar-refractivity contribution in [1.82, 2.24) is 25.1 Å². The first-order valence-electron chi connectivity index (χ1n) is 5.87. The quantitative estimate of drug-likeness (QED) is 0.749. The summed E-state index contributed by atoms with van der Waals surface area (Å²) < 4.78 is 0. The van der Waals surface area contributed by atoms with Crippen molar-refractivity contribution in [3.05, 3.63) is 54.9 Å². The average Bonchev–Trinajstić information content (AvgIpc) is 2.97. The average molecular weight is 266 g/mol. The molecule has 3 aromatic heterocycles. The van der Waals surface area contributed by atoms with Crippen LogP contribution in [0.4, 0.5) is 5.69 Å². The number of nitrogens with zero attached hydrogens (tertiary/aromatic N) is 4. The highest BCUT2D eigenvalue weighted by molar-refractivity contribution is 6.04. The van der Waals surface area contributed by atoms with Gasteiger partial charge in [-0.2, -0.15) is 5.10 Å². The molecule has 2 N–H and O–H groups in total. The summed E-state index contributed by atoms with van der Waals surface area (Å²) in [4.78, 5) is 24.0. The van der Waals surface area contributed by atoms with Crippen LogP contribution in [-0.4, -0.2) is 31.1 Å². The number of carbonyl (C=O) groups excluding carboxylic acids is 1. The lowest BCUT2D eigenvalue weighted by molar-refractivity contribution is 0.102. The van der Waals surface area contributed by atoms with E-state index in [0.29, 0.717) is 17.1 Å². The fourth-order valence-electron chi connectivity index (χ4n) is 1.69. The van der Waals surface area contributed by atoms with Crippen molar-refractivity contribution in [3.63, 3.8) is 0 Å². The molecule has 0 radical (unpaired) electrons. The van der Waals surface area contributed by atoms with Crippen LogP contribution in [0, 0.1) is 0 Å². The standard InChI is InChI=1S/C13H10N6O/c20-13(11-7-14-5-6-16-11)18-10-8-17-19-12(10)9-3-1-2-4-15-9/h1-8H,(H,17,19)(H,18,20). The Balaban J connectivity index is 1.86. The number of pyridine rings is 1. The van der Waals surface area contributed by atoms with E-state index >= 15 is 0 Å². The lowest BCUT2D eigenvalue weighted by atomic mass is 10.2. The summed E-state index contributed by atoms with van der Waals surface area (Å²) in [5.74, 6) is -0.350. The predicted octanol–water partition coefficient (Wildman–Crippen LogP) is 1.51. The number of anilines is 1. The van der Waals surface area contributed by atoms with E-state index in [0.717, 1.165) is 0 Å². The zero-order valence-corrected chi connectivity index (χ0v) is 10.3. The van der Waals surface area contributed by atoms with Gasteiger partial charge in [-0.3, -0.25) is 19.9 Å². The van der Waals surface area contributed by atoms with E-state index in [1.165, 1.54) is 18.6 Å². The van der Waals surface area contributed by atoms with Crippen molar-refractivity contribution in [2.45, 2.75) is 0 Å². The van der Waals surface area contributed by atoms with Crippen LogP contribution in [0.3, 0.4) is 0 Å². The minimum absolute atomic E-state index is 0.237. The van der Waals surface area contributed by atoms with E-state index in [-0.39, 0.29) is 11.6 Å². The molecular weight excluding hydrogens is 256 g/mol. The van der Waals surface area contributed by atoms with Crippen molar-refractivity contribution in [2.24, 2.45) is 0 Å². The number of nitrogens with one attached hydrogen (secondary N) is 2. The number of carbonyl (C=O) groups is 1. The summed E-state index contributed by atoms with van der Waals surface area (Å²) in [6.07, 6.45) is 7.63. The van der Waals surface area contributed by atoms with Crippen molar-refractivity contribution in [1.29, 1.82) is 0 Å². The summed E-state index contributed by atoms with van der Waals surface area (Å²) in [5, 5.41) is 9.54. The largest absolute Gasteiger partial charge is 0.317 e. The number of aromatic nitrogens is 5. The first-order chi connectivity index (χ1) is 9.84. The third-order valence-electron chi connectivity index (χ3n) is 2.59. The molecule has 0 aromatic carbocycles. The first kappa shape index (κ1) is 12.0. The maximum absolute atomic E-state index is 12.0. The van der Waals surface area contributed by atoms with E-state index in [1.807, 2.05) is 18.2 Å². The van der Waals surface area contributed by atoms with Crippen LogP contribution in [0.15, 0.2) is 49.2 Å². The highest BCUT2D eigenvalue weighted by atomic mass is 16.1. The van der Waals surface area contributed by atoms with Crippen LogP contribution in [-0.2, 0) is 0 Å². The number of hydrogen-bond acceptors (Lipinski definition) is 5. The van der Waals surface area contributed by atoms with E-state index < -0.39 is 0 Å². The Bertz CT molecular complexity index is 710. The van der Waals surface area contributed by atoms with E-state index in [4.69, 9.17) is 0 Å². The molecule has 7 nitrogen and oxygen atoms in total. The zero-order valence-electron chi connectivity index (χ0n) is 10.3. The summed E-state index contributed by atoms with van der Waals surface area (Å²) in [6.45, 7) is 0. The van der Waals surface area contributed by atoms with E-state index in [9.17, 15) is 4.79 Å². The summed E-state index contributed by atoms with van der Waals surface area (Å²) in [6, 6.07) is 5.48. The second-order valence-corrected chi connectivity index (χ2v) is 3.91. The SMILES string of the molecule is O=C(Nc1c[nH]nc1-c1ccccn1)c1cnccn1. The van der Waals surface area contributed by atoms with Gasteiger partial charge >= 0.3 is 0 Å². The third-order valence-corrected chi connectivity index (χ3v) is 2.59. The number of amides is 1. The molecule has 0 saturated heterocycles. The van der Waals surface area contributed by atoms with Crippen LogP contribution in [0.5, 0.6) is 0 Å². The van der Waals surface area contributed by atoms with Crippen LogP contribution in [0.25, 0.3) is 11.4 Å². The van der Waals surface area contributed by atoms with Crippen LogP contribution in [0.2, 0.25) is 0 Å². The monoisotopic (exact) mass is 266 g/mol. The fourth-order valence-corrected chi connectivity index (χ4v) is 1.69. The number of hydrogen-bond donors (Lipinski definition) is 2. The van der Waals surface area contributed by atoms with E-state index in [2.05, 4.69) is 30.5 Å². The molecule has 7 heteroatoms. The second kappa shape index (κ2) is 5.27. The maximum atomic E-state index is 12.0. The smallest absolute Gasteiger partial charge is 0.275 e. The Kier molecular flexibility index (Phi) is 3.15. The van der Waals surface area contributed by atoms with Crippen LogP contribution < -0.4 is 5.32 Å². The fraction of sp³-hybridized carbons (Fsp3) is 0. The Hall–Kier alpha value is -3.09. The van der Waals surface area contributed by atoms with Crippen molar-refractivity contribution in [2.75, 3.05) is 5.32 Å². The minimum Gasteiger partial charge on any atom is -0.317 e. The van der Waals surface area contributed by atoms with Gasteiger partial charge in [0, 0.05) is 24.8 Å². The molecule has 0 aliphatic heterocycles. The molecule has 0 aliphatic rings. The topological polar surface area (TPSA) is 96.5 Å². The second-order valence-electron chi connectivity index (χ2n) is 3.91. The summed E-state index contributed by atoms with van der Waals surface area (Å²) in [7, 11) is 0. The van der Waals surface area contributed by atoms with Crippen molar-refractivity contribution < 1.29 is 4.79 Å². The lowest BCUT2D eigenvalue weighted by Crippen LogP contribution is -2.14. The molecule has 0 bridgehead atoms. The highest BCUT2D eigenvalue weighted by Crippen LogP contribution is 2.23. The molecule has 3 aromatic rings. The maximum Gasteiger partial charge on any atom is 0.275 e. The predicted molar refractivity (Wildman–Crippen MR) is 71.8 cm³/mol. The van der Waals surface area contributed by atoms with E-state index in [1.54, 1.807) is 12.4 Å². The molecule has 1 amide bonds. The van der Waals surface area contributed by atoms with Gasteiger partial charge in [0.15, 0.2) is 0 Å². The molecule has 3 rings (SSSR count). The third kappa shape index (κ3) is 2.37. The lowest BCUT2D eigenvalue weighted by Gasteiger charge is -2.04. The Labute approximate surface area is 114 Å². The van der Waals surface area contributed by atoms with Crippen LogP contribution in [0.1, 0.15) is 10.5 Å².